The lowest BCUT2D eigenvalue weighted by atomic mass is 9.98. The molecule has 0 N–H and O–H groups in total. The van der Waals surface area contributed by atoms with Gasteiger partial charge in [-0.05, 0) is 43.9 Å². The minimum Gasteiger partial charge on any atom is -0.209 e. The Bertz CT molecular complexity index is 462. The van der Waals surface area contributed by atoms with Gasteiger partial charge in [0.1, 0.15) is 5.83 Å². The summed E-state index contributed by atoms with van der Waals surface area (Å²) in [6.07, 6.45) is 2.08. The van der Waals surface area contributed by atoms with Crippen molar-refractivity contribution in [1.29, 1.82) is 0 Å². The molecule has 0 fully saturated rings. The third kappa shape index (κ3) is 3.80. The van der Waals surface area contributed by atoms with Crippen molar-refractivity contribution in [3.05, 3.63) is 52.6 Å². The third-order valence-corrected chi connectivity index (χ3v) is 2.84. The van der Waals surface area contributed by atoms with Gasteiger partial charge in [0.25, 0.3) is 0 Å². The normalized spacial score (nSPS) is 13.6. The van der Waals surface area contributed by atoms with Crippen LogP contribution in [0, 0.1) is 13.8 Å². The molecule has 1 aromatic rings. The van der Waals surface area contributed by atoms with E-state index in [1.807, 2.05) is 32.9 Å². The Kier molecular flexibility index (Phi) is 5.26. The van der Waals surface area contributed by atoms with Gasteiger partial charge in [-0.2, -0.15) is 0 Å². The third-order valence-electron chi connectivity index (χ3n) is 2.84. The fourth-order valence-corrected chi connectivity index (χ4v) is 1.95. The number of hydrogen-bond donors (Lipinski definition) is 0. The zero-order valence-electron chi connectivity index (χ0n) is 11.5. The fraction of sp³-hybridized carbons (Fsp3) is 0.375. The van der Waals surface area contributed by atoms with Gasteiger partial charge < -0.3 is 0 Å². The Hall–Kier alpha value is -1.44. The van der Waals surface area contributed by atoms with E-state index >= 15 is 0 Å². The Morgan fingerprint density at radius 3 is 2.00 bits per heavy atom. The molecule has 1 rings (SSSR count). The summed E-state index contributed by atoms with van der Waals surface area (Å²) in [7, 11) is 0. The number of halogens is 2. The SMILES string of the molecule is CC/C(F)=C(F)\C=C(/CC)c1cc(C)cc(C)c1. The lowest BCUT2D eigenvalue weighted by Crippen LogP contribution is -1.88. The molecule has 0 bridgehead atoms. The van der Waals surface area contributed by atoms with E-state index in [9.17, 15) is 8.78 Å². The number of allylic oxidation sites excluding steroid dienone is 4. The van der Waals surface area contributed by atoms with Crippen LogP contribution in [0.15, 0.2) is 35.9 Å². The maximum atomic E-state index is 13.5. The molecule has 0 aliphatic rings. The lowest BCUT2D eigenvalue weighted by molar-refractivity contribution is 0.532. The van der Waals surface area contributed by atoms with E-state index in [-0.39, 0.29) is 6.42 Å². The summed E-state index contributed by atoms with van der Waals surface area (Å²) in [5.74, 6) is -1.45. The summed E-state index contributed by atoms with van der Waals surface area (Å²) in [6.45, 7) is 7.55. The van der Waals surface area contributed by atoms with Crippen LogP contribution in [-0.4, -0.2) is 0 Å². The maximum Gasteiger partial charge on any atom is 0.154 e. The molecule has 0 radical (unpaired) electrons. The molecular weight excluding hydrogens is 230 g/mol. The van der Waals surface area contributed by atoms with Crippen LogP contribution in [0.5, 0.6) is 0 Å². The van der Waals surface area contributed by atoms with Crippen molar-refractivity contribution in [2.75, 3.05) is 0 Å². The van der Waals surface area contributed by atoms with Gasteiger partial charge in [0.05, 0.1) is 0 Å². The van der Waals surface area contributed by atoms with Crippen molar-refractivity contribution >= 4 is 5.57 Å². The van der Waals surface area contributed by atoms with Crippen LogP contribution in [0.3, 0.4) is 0 Å². The molecule has 0 nitrogen and oxygen atoms in total. The van der Waals surface area contributed by atoms with Crippen molar-refractivity contribution in [1.82, 2.24) is 0 Å². The molecule has 0 spiro atoms. The van der Waals surface area contributed by atoms with Gasteiger partial charge in [-0.1, -0.05) is 43.2 Å². The summed E-state index contributed by atoms with van der Waals surface area (Å²) in [4.78, 5) is 0. The first kappa shape index (κ1) is 14.6. The van der Waals surface area contributed by atoms with Crippen LogP contribution in [0.1, 0.15) is 43.4 Å². The van der Waals surface area contributed by atoms with Crippen LogP contribution >= 0.6 is 0 Å². The van der Waals surface area contributed by atoms with Crippen LogP contribution < -0.4 is 0 Å². The van der Waals surface area contributed by atoms with Gasteiger partial charge in [-0.25, -0.2) is 8.78 Å². The number of hydrogen-bond acceptors (Lipinski definition) is 0. The summed E-state index contributed by atoms with van der Waals surface area (Å²) < 4.78 is 26.7. The first-order valence-electron chi connectivity index (χ1n) is 6.31. The van der Waals surface area contributed by atoms with E-state index in [1.165, 1.54) is 6.08 Å². The second-order valence-electron chi connectivity index (χ2n) is 4.51. The average molecular weight is 250 g/mol. The van der Waals surface area contributed by atoms with Gasteiger partial charge in [0, 0.05) is 0 Å². The molecule has 0 saturated carbocycles. The number of aryl methyl sites for hydroxylation is 2. The predicted octanol–water partition coefficient (Wildman–Crippen LogP) is 5.66. The quantitative estimate of drug-likeness (QED) is 0.605. The summed E-state index contributed by atoms with van der Waals surface area (Å²) >= 11 is 0. The highest BCUT2D eigenvalue weighted by Gasteiger charge is 2.06. The van der Waals surface area contributed by atoms with Crippen LogP contribution in [0.4, 0.5) is 8.78 Å². The second-order valence-corrected chi connectivity index (χ2v) is 4.51. The molecule has 0 saturated heterocycles. The van der Waals surface area contributed by atoms with E-state index < -0.39 is 11.7 Å². The number of benzene rings is 1. The fourth-order valence-electron chi connectivity index (χ4n) is 1.95. The van der Waals surface area contributed by atoms with Gasteiger partial charge in [-0.3, -0.25) is 0 Å². The largest absolute Gasteiger partial charge is 0.209 e. The zero-order chi connectivity index (χ0) is 13.7. The summed E-state index contributed by atoms with van der Waals surface area (Å²) in [6, 6.07) is 6.06. The van der Waals surface area contributed by atoms with Gasteiger partial charge in [-0.15, -0.1) is 0 Å². The van der Waals surface area contributed by atoms with Crippen molar-refractivity contribution in [2.45, 2.75) is 40.5 Å². The van der Waals surface area contributed by atoms with Crippen molar-refractivity contribution in [3.63, 3.8) is 0 Å². The first-order valence-corrected chi connectivity index (χ1v) is 6.31. The van der Waals surface area contributed by atoms with Gasteiger partial charge in [0.2, 0.25) is 0 Å². The minimum absolute atomic E-state index is 0.0895. The predicted molar refractivity (Wildman–Crippen MR) is 73.7 cm³/mol. The highest BCUT2D eigenvalue weighted by Crippen LogP contribution is 2.24. The monoisotopic (exact) mass is 250 g/mol. The molecular formula is C16H20F2. The highest BCUT2D eigenvalue weighted by atomic mass is 19.2. The average Bonchev–Trinajstić information content (AvgIpc) is 2.33. The Morgan fingerprint density at radius 1 is 1.00 bits per heavy atom. The van der Waals surface area contributed by atoms with E-state index in [0.29, 0.717) is 6.42 Å². The summed E-state index contributed by atoms with van der Waals surface area (Å²) in [5.41, 5.74) is 4.05. The second kappa shape index (κ2) is 6.48. The Balaban J connectivity index is 3.21. The molecule has 1 aromatic carbocycles. The zero-order valence-corrected chi connectivity index (χ0v) is 11.5. The first-order chi connectivity index (χ1) is 8.47. The molecule has 2 heteroatoms. The molecule has 18 heavy (non-hydrogen) atoms. The van der Waals surface area contributed by atoms with Crippen molar-refractivity contribution in [3.8, 4) is 0 Å². The topological polar surface area (TPSA) is 0 Å². The molecule has 0 amide bonds. The Labute approximate surface area is 108 Å². The molecule has 98 valence electrons. The van der Waals surface area contributed by atoms with E-state index in [1.54, 1.807) is 6.92 Å². The van der Waals surface area contributed by atoms with Crippen molar-refractivity contribution < 1.29 is 8.78 Å². The van der Waals surface area contributed by atoms with Crippen LogP contribution in [0.25, 0.3) is 5.57 Å². The van der Waals surface area contributed by atoms with Crippen molar-refractivity contribution in [2.24, 2.45) is 0 Å². The lowest BCUT2D eigenvalue weighted by Gasteiger charge is -2.08. The van der Waals surface area contributed by atoms with Crippen LogP contribution in [-0.2, 0) is 0 Å². The maximum absolute atomic E-state index is 13.5. The Morgan fingerprint density at radius 2 is 1.56 bits per heavy atom. The molecule has 0 aliphatic carbocycles. The summed E-state index contributed by atoms with van der Waals surface area (Å²) in [5, 5.41) is 0. The minimum atomic E-state index is -0.756. The highest BCUT2D eigenvalue weighted by molar-refractivity contribution is 5.68. The van der Waals surface area contributed by atoms with E-state index in [0.717, 1.165) is 22.3 Å². The van der Waals surface area contributed by atoms with Crippen LogP contribution in [0.2, 0.25) is 0 Å². The van der Waals surface area contributed by atoms with Gasteiger partial charge in [0.15, 0.2) is 5.83 Å². The number of rotatable bonds is 4. The molecule has 0 unspecified atom stereocenters. The molecule has 0 aliphatic heterocycles. The standard InChI is InChI=1S/C16H20F2/c1-5-13(10-16(18)15(17)6-2)14-8-11(3)7-12(4)9-14/h7-10H,5-6H2,1-4H3/b13-10+,16-15-. The smallest absolute Gasteiger partial charge is 0.154 e. The van der Waals surface area contributed by atoms with E-state index in [4.69, 9.17) is 0 Å². The molecule has 0 atom stereocenters. The molecule has 0 heterocycles. The molecule has 0 aromatic heterocycles. The van der Waals surface area contributed by atoms with Gasteiger partial charge >= 0.3 is 0 Å². The van der Waals surface area contributed by atoms with E-state index in [2.05, 4.69) is 6.07 Å².